The summed E-state index contributed by atoms with van der Waals surface area (Å²) in [5.41, 5.74) is 0. The number of ether oxygens (including phenoxy) is 1. The number of rotatable bonds is 8. The molecule has 1 rings (SSSR count). The van der Waals surface area contributed by atoms with Crippen LogP contribution in [0, 0.1) is 11.8 Å². The molecule has 4 heteroatoms. The van der Waals surface area contributed by atoms with Crippen LogP contribution in [0.3, 0.4) is 0 Å². The van der Waals surface area contributed by atoms with Gasteiger partial charge >= 0.3 is 5.97 Å². The van der Waals surface area contributed by atoms with E-state index in [1.165, 1.54) is 0 Å². The molecule has 0 radical (unpaired) electrons. The highest BCUT2D eigenvalue weighted by Gasteiger charge is 2.26. The van der Waals surface area contributed by atoms with Crippen LogP contribution in [0.4, 0.5) is 0 Å². The van der Waals surface area contributed by atoms with Crippen LogP contribution in [0.25, 0.3) is 0 Å². The van der Waals surface area contributed by atoms with Crippen LogP contribution >= 0.6 is 0 Å². The lowest BCUT2D eigenvalue weighted by Crippen LogP contribution is -2.13. The van der Waals surface area contributed by atoms with E-state index >= 15 is 0 Å². The first-order valence-electron chi connectivity index (χ1n) is 5.99. The summed E-state index contributed by atoms with van der Waals surface area (Å²) < 4.78 is 5.26. The van der Waals surface area contributed by atoms with Gasteiger partial charge in [0, 0.05) is 12.3 Å². The van der Waals surface area contributed by atoms with E-state index in [0.717, 1.165) is 38.4 Å². The van der Waals surface area contributed by atoms with Crippen LogP contribution in [0.15, 0.2) is 0 Å². The molecule has 0 aliphatic carbocycles. The Kier molecular flexibility index (Phi) is 6.08. The largest absolute Gasteiger partial charge is 0.481 e. The lowest BCUT2D eigenvalue weighted by atomic mass is 9.92. The van der Waals surface area contributed by atoms with Crippen molar-refractivity contribution in [1.29, 1.82) is 0 Å². The second kappa shape index (κ2) is 7.39. The monoisotopic (exact) mass is 228 g/mol. The van der Waals surface area contributed by atoms with Crippen molar-refractivity contribution in [2.75, 3.05) is 13.2 Å². The predicted octanol–water partition coefficient (Wildman–Crippen LogP) is 1.87. The second-order valence-corrected chi connectivity index (χ2v) is 4.44. The lowest BCUT2D eigenvalue weighted by molar-refractivity contribution is -0.137. The quantitative estimate of drug-likeness (QED) is 0.509. The first kappa shape index (κ1) is 13.2. The molecule has 0 bridgehead atoms. The highest BCUT2D eigenvalue weighted by atomic mass is 16.5. The summed E-state index contributed by atoms with van der Waals surface area (Å²) in [7, 11) is 0. The molecular formula is C12H20O4. The van der Waals surface area contributed by atoms with Gasteiger partial charge in [0.1, 0.15) is 6.29 Å². The number of carboxylic acid groups (broad SMARTS) is 1. The Hall–Kier alpha value is -0.900. The number of aldehydes is 1. The Labute approximate surface area is 96.0 Å². The van der Waals surface area contributed by atoms with Gasteiger partial charge in [-0.3, -0.25) is 4.79 Å². The van der Waals surface area contributed by atoms with Crippen molar-refractivity contribution < 1.29 is 19.4 Å². The minimum Gasteiger partial charge on any atom is -0.481 e. The number of carbonyl (C=O) groups excluding carboxylic acids is 1. The maximum absolute atomic E-state index is 10.7. The maximum atomic E-state index is 10.7. The molecule has 0 amide bonds. The molecule has 0 aromatic rings. The van der Waals surface area contributed by atoms with Crippen LogP contribution in [-0.4, -0.2) is 30.6 Å². The fraction of sp³-hybridized carbons (Fsp3) is 0.833. The number of aliphatic carboxylic acids is 1. The first-order valence-corrected chi connectivity index (χ1v) is 5.99. The molecule has 16 heavy (non-hydrogen) atoms. The number of hydrogen-bond acceptors (Lipinski definition) is 3. The molecule has 1 aliphatic rings. The van der Waals surface area contributed by atoms with E-state index in [1.807, 2.05) is 0 Å². The molecule has 1 aliphatic heterocycles. The fourth-order valence-corrected chi connectivity index (χ4v) is 2.10. The molecule has 0 saturated carbocycles. The van der Waals surface area contributed by atoms with Gasteiger partial charge in [-0.2, -0.15) is 0 Å². The smallest absolute Gasteiger partial charge is 0.303 e. The number of unbranched alkanes of at least 4 members (excludes halogenated alkanes) is 3. The predicted molar refractivity (Wildman–Crippen MR) is 59.2 cm³/mol. The van der Waals surface area contributed by atoms with Gasteiger partial charge < -0.3 is 14.6 Å². The van der Waals surface area contributed by atoms with E-state index < -0.39 is 5.97 Å². The van der Waals surface area contributed by atoms with Gasteiger partial charge in [0.15, 0.2) is 0 Å². The van der Waals surface area contributed by atoms with Gasteiger partial charge in [-0.1, -0.05) is 19.3 Å². The molecule has 0 aromatic heterocycles. The molecule has 92 valence electrons. The van der Waals surface area contributed by atoms with E-state index in [0.29, 0.717) is 19.1 Å². The summed E-state index contributed by atoms with van der Waals surface area (Å²) in [5, 5.41) is 8.45. The molecule has 0 spiro atoms. The number of hydrogen-bond donors (Lipinski definition) is 1. The van der Waals surface area contributed by atoms with E-state index in [1.54, 1.807) is 0 Å². The van der Waals surface area contributed by atoms with E-state index in [2.05, 4.69) is 0 Å². The van der Waals surface area contributed by atoms with Gasteiger partial charge in [0.05, 0.1) is 13.2 Å². The molecule has 0 aromatic carbocycles. The van der Waals surface area contributed by atoms with Gasteiger partial charge in [-0.15, -0.1) is 0 Å². The zero-order chi connectivity index (χ0) is 11.8. The molecule has 1 heterocycles. The van der Waals surface area contributed by atoms with Crippen molar-refractivity contribution in [3.8, 4) is 0 Å². The minimum atomic E-state index is -0.717. The molecule has 4 nitrogen and oxygen atoms in total. The van der Waals surface area contributed by atoms with Crippen molar-refractivity contribution in [3.05, 3.63) is 0 Å². The summed E-state index contributed by atoms with van der Waals surface area (Å²) in [6.07, 6.45) is 6.13. The third-order valence-electron chi connectivity index (χ3n) is 3.14. The third-order valence-corrected chi connectivity index (χ3v) is 3.14. The van der Waals surface area contributed by atoms with Gasteiger partial charge in [0.25, 0.3) is 0 Å². The molecule has 1 saturated heterocycles. The maximum Gasteiger partial charge on any atom is 0.303 e. The topological polar surface area (TPSA) is 63.6 Å². The molecule has 1 fully saturated rings. The van der Waals surface area contributed by atoms with Crippen LogP contribution in [0.5, 0.6) is 0 Å². The summed E-state index contributed by atoms with van der Waals surface area (Å²) >= 11 is 0. The molecular weight excluding hydrogens is 208 g/mol. The third kappa shape index (κ3) is 4.75. The summed E-state index contributed by atoms with van der Waals surface area (Å²) in [6, 6.07) is 0. The normalized spacial score (nSPS) is 24.5. The van der Waals surface area contributed by atoms with E-state index in [9.17, 15) is 9.59 Å². The SMILES string of the molecule is O=C[C@H]1COC[C@H]1CCCCCCC(=O)O. The minimum absolute atomic E-state index is 0.0824. The first-order chi connectivity index (χ1) is 7.74. The van der Waals surface area contributed by atoms with Crippen LogP contribution in [0.1, 0.15) is 38.5 Å². The summed E-state index contributed by atoms with van der Waals surface area (Å²) in [6.45, 7) is 1.28. The summed E-state index contributed by atoms with van der Waals surface area (Å²) in [5.74, 6) is -0.249. The Bertz CT molecular complexity index is 227. The molecule has 2 atom stereocenters. The van der Waals surface area contributed by atoms with Crippen molar-refractivity contribution in [3.63, 3.8) is 0 Å². The van der Waals surface area contributed by atoms with Crippen LogP contribution < -0.4 is 0 Å². The van der Waals surface area contributed by atoms with Crippen molar-refractivity contribution >= 4 is 12.3 Å². The Morgan fingerprint density at radius 2 is 2.00 bits per heavy atom. The molecule has 0 unspecified atom stereocenters. The summed E-state index contributed by atoms with van der Waals surface area (Å²) in [4.78, 5) is 21.0. The fourth-order valence-electron chi connectivity index (χ4n) is 2.10. The zero-order valence-corrected chi connectivity index (χ0v) is 9.56. The second-order valence-electron chi connectivity index (χ2n) is 4.44. The van der Waals surface area contributed by atoms with Gasteiger partial charge in [-0.05, 0) is 18.8 Å². The van der Waals surface area contributed by atoms with Crippen molar-refractivity contribution in [1.82, 2.24) is 0 Å². The zero-order valence-electron chi connectivity index (χ0n) is 9.56. The van der Waals surface area contributed by atoms with Crippen LogP contribution in [0.2, 0.25) is 0 Å². The number of carbonyl (C=O) groups is 2. The van der Waals surface area contributed by atoms with Gasteiger partial charge in [-0.25, -0.2) is 0 Å². The standard InChI is InChI=1S/C12H20O4/c13-7-11-9-16-8-10(11)5-3-1-2-4-6-12(14)15/h7,10-11H,1-6,8-9H2,(H,14,15)/t10-,11+/m1/s1. The number of carboxylic acids is 1. The average molecular weight is 228 g/mol. The van der Waals surface area contributed by atoms with Crippen molar-refractivity contribution in [2.45, 2.75) is 38.5 Å². The highest BCUT2D eigenvalue weighted by molar-refractivity contribution is 5.66. The Balaban J connectivity index is 1.98. The van der Waals surface area contributed by atoms with E-state index in [-0.39, 0.29) is 12.3 Å². The van der Waals surface area contributed by atoms with Gasteiger partial charge in [0.2, 0.25) is 0 Å². The molecule has 1 N–H and O–H groups in total. The Morgan fingerprint density at radius 1 is 1.25 bits per heavy atom. The Morgan fingerprint density at radius 3 is 2.69 bits per heavy atom. The highest BCUT2D eigenvalue weighted by Crippen LogP contribution is 2.24. The van der Waals surface area contributed by atoms with E-state index in [4.69, 9.17) is 9.84 Å². The average Bonchev–Trinajstić information content (AvgIpc) is 2.70. The van der Waals surface area contributed by atoms with Crippen LogP contribution in [-0.2, 0) is 14.3 Å². The lowest BCUT2D eigenvalue weighted by Gasteiger charge is -2.11. The van der Waals surface area contributed by atoms with Crippen molar-refractivity contribution in [2.24, 2.45) is 11.8 Å².